The minimum atomic E-state index is -0.578. The molecule has 0 aliphatic carbocycles. The zero-order valence-electron chi connectivity index (χ0n) is 16.2. The van der Waals surface area contributed by atoms with Gasteiger partial charge in [-0.2, -0.15) is 0 Å². The number of nitrogens with zero attached hydrogens (tertiary/aromatic N) is 3. The first-order valence-corrected chi connectivity index (χ1v) is 10.1. The van der Waals surface area contributed by atoms with Crippen molar-refractivity contribution in [2.45, 2.75) is 20.8 Å². The Morgan fingerprint density at radius 3 is 2.54 bits per heavy atom. The summed E-state index contributed by atoms with van der Waals surface area (Å²) in [6, 6.07) is 0. The zero-order valence-corrected chi connectivity index (χ0v) is 17.8. The first-order valence-electron chi connectivity index (χ1n) is 8.51. The van der Waals surface area contributed by atoms with Crippen LogP contribution < -0.4 is 5.32 Å². The Bertz CT molecular complexity index is 1050. The number of anilines is 1. The quantitative estimate of drug-likeness (QED) is 0.640. The number of aryl methyl sites for hydroxylation is 1. The predicted octanol–water partition coefficient (Wildman–Crippen LogP) is 3.20. The highest BCUT2D eigenvalue weighted by Gasteiger charge is 2.28. The molecule has 0 saturated carbocycles. The second-order valence-electron chi connectivity index (χ2n) is 6.29. The van der Waals surface area contributed by atoms with Gasteiger partial charge in [-0.25, -0.2) is 9.78 Å². The Labute approximate surface area is 169 Å². The molecule has 3 heterocycles. The van der Waals surface area contributed by atoms with Gasteiger partial charge in [0.05, 0.1) is 17.0 Å². The largest absolute Gasteiger partial charge is 0.462 e. The number of thiazole rings is 1. The standard InChI is InChI=1S/C18H20N4O4S2/c1-6-26-17(25)12-10(3)13(16(24)21(4)5)28-15(12)20-14(23)11-8-22-7-9(2)27-18(22)19-11/h7-8H,6H2,1-5H3,(H,20,23). The Balaban J connectivity index is 1.97. The highest BCUT2D eigenvalue weighted by atomic mass is 32.1. The Morgan fingerprint density at radius 1 is 1.21 bits per heavy atom. The lowest BCUT2D eigenvalue weighted by atomic mass is 10.1. The highest BCUT2D eigenvalue weighted by molar-refractivity contribution is 7.18. The number of imidazole rings is 1. The molecule has 2 amide bonds. The third-order valence-corrected chi connectivity index (χ3v) is 6.07. The maximum absolute atomic E-state index is 12.7. The van der Waals surface area contributed by atoms with Crippen molar-refractivity contribution < 1.29 is 19.1 Å². The van der Waals surface area contributed by atoms with E-state index in [2.05, 4.69) is 10.3 Å². The van der Waals surface area contributed by atoms with E-state index in [4.69, 9.17) is 4.74 Å². The fourth-order valence-electron chi connectivity index (χ4n) is 2.65. The average molecular weight is 421 g/mol. The maximum atomic E-state index is 12.7. The monoisotopic (exact) mass is 420 g/mol. The first-order chi connectivity index (χ1) is 13.2. The van der Waals surface area contributed by atoms with Crippen LogP contribution in [-0.4, -0.2) is 52.8 Å². The van der Waals surface area contributed by atoms with Crippen molar-refractivity contribution in [2.75, 3.05) is 26.0 Å². The molecular formula is C18H20N4O4S2. The van der Waals surface area contributed by atoms with Crippen molar-refractivity contribution in [3.05, 3.63) is 39.0 Å². The van der Waals surface area contributed by atoms with E-state index in [1.54, 1.807) is 38.5 Å². The molecule has 0 radical (unpaired) electrons. The topological polar surface area (TPSA) is 93.0 Å². The molecule has 148 valence electrons. The number of fused-ring (bicyclic) bond motifs is 1. The van der Waals surface area contributed by atoms with E-state index in [-0.39, 0.29) is 28.8 Å². The second-order valence-corrected chi connectivity index (χ2v) is 8.53. The molecular weight excluding hydrogens is 400 g/mol. The van der Waals surface area contributed by atoms with Crippen molar-refractivity contribution in [3.8, 4) is 0 Å². The number of hydrogen-bond acceptors (Lipinski definition) is 7. The summed E-state index contributed by atoms with van der Waals surface area (Å²) in [5.41, 5.74) is 0.911. The molecule has 1 N–H and O–H groups in total. The van der Waals surface area contributed by atoms with Crippen LogP contribution in [0.4, 0.5) is 5.00 Å². The van der Waals surface area contributed by atoms with Crippen LogP contribution in [0.3, 0.4) is 0 Å². The molecule has 28 heavy (non-hydrogen) atoms. The molecule has 0 atom stereocenters. The van der Waals surface area contributed by atoms with Gasteiger partial charge in [0, 0.05) is 31.4 Å². The molecule has 0 fully saturated rings. The van der Waals surface area contributed by atoms with Gasteiger partial charge in [0.15, 0.2) is 4.96 Å². The van der Waals surface area contributed by atoms with E-state index >= 15 is 0 Å². The van der Waals surface area contributed by atoms with E-state index in [0.717, 1.165) is 16.2 Å². The summed E-state index contributed by atoms with van der Waals surface area (Å²) in [6.07, 6.45) is 3.52. The van der Waals surface area contributed by atoms with Crippen molar-refractivity contribution in [1.29, 1.82) is 0 Å². The van der Waals surface area contributed by atoms with Gasteiger partial charge >= 0.3 is 5.97 Å². The number of aromatic nitrogens is 2. The van der Waals surface area contributed by atoms with Gasteiger partial charge in [0.25, 0.3) is 11.8 Å². The number of ether oxygens (including phenoxy) is 1. The number of nitrogens with one attached hydrogen (secondary N) is 1. The van der Waals surface area contributed by atoms with Crippen molar-refractivity contribution in [3.63, 3.8) is 0 Å². The summed E-state index contributed by atoms with van der Waals surface area (Å²) in [5, 5.41) is 3.00. The van der Waals surface area contributed by atoms with Gasteiger partial charge in [0.2, 0.25) is 0 Å². The van der Waals surface area contributed by atoms with Gasteiger partial charge in [-0.15, -0.1) is 22.7 Å². The molecule has 0 aliphatic rings. The first kappa shape index (κ1) is 20.0. The lowest BCUT2D eigenvalue weighted by molar-refractivity contribution is 0.0527. The summed E-state index contributed by atoms with van der Waals surface area (Å²) >= 11 is 2.53. The number of hydrogen-bond donors (Lipinski definition) is 1. The third kappa shape index (κ3) is 3.65. The highest BCUT2D eigenvalue weighted by Crippen LogP contribution is 2.34. The number of esters is 1. The summed E-state index contributed by atoms with van der Waals surface area (Å²) in [7, 11) is 3.26. The molecule has 10 heteroatoms. The Morgan fingerprint density at radius 2 is 1.93 bits per heavy atom. The summed E-state index contributed by atoms with van der Waals surface area (Å²) in [6.45, 7) is 5.52. The molecule has 3 aromatic heterocycles. The van der Waals surface area contributed by atoms with Crippen LogP contribution in [0.5, 0.6) is 0 Å². The molecule has 8 nitrogen and oxygen atoms in total. The number of carbonyl (C=O) groups excluding carboxylic acids is 3. The maximum Gasteiger partial charge on any atom is 0.341 e. The summed E-state index contributed by atoms with van der Waals surface area (Å²) < 4.78 is 6.89. The van der Waals surface area contributed by atoms with Crippen LogP contribution in [0, 0.1) is 13.8 Å². The minimum Gasteiger partial charge on any atom is -0.462 e. The second kappa shape index (κ2) is 7.72. The lowest BCUT2D eigenvalue weighted by Crippen LogP contribution is -2.21. The van der Waals surface area contributed by atoms with Gasteiger partial charge in [-0.05, 0) is 26.3 Å². The van der Waals surface area contributed by atoms with Gasteiger partial charge in [0.1, 0.15) is 10.7 Å². The fourth-order valence-corrected chi connectivity index (χ4v) is 4.67. The van der Waals surface area contributed by atoms with Crippen molar-refractivity contribution in [1.82, 2.24) is 14.3 Å². The molecule has 0 saturated heterocycles. The van der Waals surface area contributed by atoms with E-state index in [1.165, 1.54) is 16.2 Å². The lowest BCUT2D eigenvalue weighted by Gasteiger charge is -2.09. The number of carbonyl (C=O) groups is 3. The van der Waals surface area contributed by atoms with E-state index in [1.807, 2.05) is 13.1 Å². The van der Waals surface area contributed by atoms with Crippen LogP contribution in [0.1, 0.15) is 47.9 Å². The van der Waals surface area contributed by atoms with Crippen molar-refractivity contribution >= 4 is 50.4 Å². The smallest absolute Gasteiger partial charge is 0.341 e. The zero-order chi connectivity index (χ0) is 20.6. The van der Waals surface area contributed by atoms with E-state index in [9.17, 15) is 14.4 Å². The van der Waals surface area contributed by atoms with Gasteiger partial charge in [-0.1, -0.05) is 0 Å². The van der Waals surface area contributed by atoms with Crippen LogP contribution >= 0.6 is 22.7 Å². The molecule has 0 bridgehead atoms. The van der Waals surface area contributed by atoms with Crippen LogP contribution in [0.25, 0.3) is 4.96 Å². The molecule has 0 unspecified atom stereocenters. The molecule has 0 aromatic carbocycles. The fraction of sp³-hybridized carbons (Fsp3) is 0.333. The molecule has 0 spiro atoms. The molecule has 3 aromatic rings. The SMILES string of the molecule is CCOC(=O)c1c(NC(=O)c2cn3cc(C)sc3n2)sc(C(=O)N(C)C)c1C. The number of thiophene rings is 1. The minimum absolute atomic E-state index is 0.190. The van der Waals surface area contributed by atoms with E-state index < -0.39 is 11.9 Å². The number of amides is 2. The normalized spacial score (nSPS) is 10.9. The predicted molar refractivity (Wildman–Crippen MR) is 109 cm³/mol. The van der Waals surface area contributed by atoms with Crippen LogP contribution in [0.2, 0.25) is 0 Å². The Hall–Kier alpha value is -2.72. The van der Waals surface area contributed by atoms with Gasteiger partial charge in [-0.3, -0.25) is 14.0 Å². The summed E-state index contributed by atoms with van der Waals surface area (Å²) in [4.78, 5) is 45.5. The molecule has 0 aliphatic heterocycles. The summed E-state index contributed by atoms with van der Waals surface area (Å²) in [5.74, 6) is -1.28. The average Bonchev–Trinajstić information content (AvgIpc) is 3.25. The van der Waals surface area contributed by atoms with Crippen LogP contribution in [-0.2, 0) is 4.74 Å². The van der Waals surface area contributed by atoms with Gasteiger partial charge < -0.3 is 15.0 Å². The van der Waals surface area contributed by atoms with Crippen molar-refractivity contribution in [2.24, 2.45) is 0 Å². The third-order valence-electron chi connectivity index (χ3n) is 3.96. The Kier molecular flexibility index (Phi) is 5.52. The van der Waals surface area contributed by atoms with Crippen LogP contribution in [0.15, 0.2) is 12.4 Å². The van der Waals surface area contributed by atoms with E-state index in [0.29, 0.717) is 15.4 Å². The number of rotatable bonds is 5. The molecule has 3 rings (SSSR count).